The summed E-state index contributed by atoms with van der Waals surface area (Å²) in [5.74, 6) is 0.230. The number of rotatable bonds is 5. The molecule has 0 aliphatic rings. The van der Waals surface area contributed by atoms with Gasteiger partial charge in [-0.3, -0.25) is 4.90 Å². The van der Waals surface area contributed by atoms with Gasteiger partial charge in [-0.2, -0.15) is 13.2 Å². The van der Waals surface area contributed by atoms with Crippen LogP contribution in [0, 0.1) is 5.92 Å². The molecule has 2 N–H and O–H groups in total. The number of nitrogens with two attached hydrogens (primary N) is 1. The second-order valence-electron chi connectivity index (χ2n) is 3.53. The average molecular weight is 198 g/mol. The van der Waals surface area contributed by atoms with Gasteiger partial charge in [-0.15, -0.1) is 0 Å². The van der Waals surface area contributed by atoms with Crippen molar-refractivity contribution in [2.24, 2.45) is 11.7 Å². The molecule has 5 heteroatoms. The minimum absolute atomic E-state index is 0.230. The van der Waals surface area contributed by atoms with Crippen molar-refractivity contribution in [1.29, 1.82) is 0 Å². The van der Waals surface area contributed by atoms with Crippen LogP contribution in [0.25, 0.3) is 0 Å². The number of halogens is 3. The highest BCUT2D eigenvalue weighted by Gasteiger charge is 2.30. The molecule has 0 bridgehead atoms. The summed E-state index contributed by atoms with van der Waals surface area (Å²) in [5, 5.41) is 0. The number of alkyl halides is 3. The average Bonchev–Trinajstić information content (AvgIpc) is 1.81. The molecule has 80 valence electrons. The molecule has 0 unspecified atom stereocenters. The molecule has 0 aromatic heterocycles. The van der Waals surface area contributed by atoms with E-state index in [1.165, 1.54) is 4.90 Å². The van der Waals surface area contributed by atoms with E-state index in [9.17, 15) is 13.2 Å². The Balaban J connectivity index is 3.94. The molecule has 0 saturated heterocycles. The summed E-state index contributed by atoms with van der Waals surface area (Å²) in [5.41, 5.74) is 5.21. The van der Waals surface area contributed by atoms with Gasteiger partial charge in [0.25, 0.3) is 0 Å². The number of nitrogens with zero attached hydrogens (tertiary/aromatic N) is 1. The molecule has 0 aliphatic carbocycles. The number of hydrogen-bond acceptors (Lipinski definition) is 2. The second-order valence-corrected chi connectivity index (χ2v) is 3.53. The molecule has 0 aromatic rings. The monoisotopic (exact) mass is 198 g/mol. The van der Waals surface area contributed by atoms with Gasteiger partial charge in [0, 0.05) is 19.6 Å². The zero-order valence-corrected chi connectivity index (χ0v) is 8.06. The summed E-state index contributed by atoms with van der Waals surface area (Å²) in [6.07, 6.45) is -4.12. The lowest BCUT2D eigenvalue weighted by Crippen LogP contribution is -2.39. The van der Waals surface area contributed by atoms with Gasteiger partial charge in [0.05, 0.1) is 6.54 Å². The Morgan fingerprint density at radius 3 is 2.15 bits per heavy atom. The van der Waals surface area contributed by atoms with Crippen LogP contribution in [0.4, 0.5) is 13.2 Å². The smallest absolute Gasteiger partial charge is 0.329 e. The molecule has 0 heterocycles. The Morgan fingerprint density at radius 1 is 1.31 bits per heavy atom. The maximum absolute atomic E-state index is 12.0. The summed E-state index contributed by atoms with van der Waals surface area (Å²) in [6, 6.07) is 0. The van der Waals surface area contributed by atoms with Crippen LogP contribution in [0.2, 0.25) is 0 Å². The lowest BCUT2D eigenvalue weighted by atomic mass is 10.2. The SMILES string of the molecule is CC(C)CN(CCN)CC(F)(F)F. The number of hydrogen-bond donors (Lipinski definition) is 1. The largest absolute Gasteiger partial charge is 0.401 e. The minimum atomic E-state index is -4.12. The van der Waals surface area contributed by atoms with Crippen LogP contribution in [0.5, 0.6) is 0 Å². The van der Waals surface area contributed by atoms with Crippen LogP contribution >= 0.6 is 0 Å². The first-order chi connectivity index (χ1) is 5.85. The molecule has 0 aliphatic heterocycles. The van der Waals surface area contributed by atoms with Gasteiger partial charge in [0.2, 0.25) is 0 Å². The van der Waals surface area contributed by atoms with Gasteiger partial charge in [0.15, 0.2) is 0 Å². The second kappa shape index (κ2) is 5.44. The fourth-order valence-corrected chi connectivity index (χ4v) is 1.19. The summed E-state index contributed by atoms with van der Waals surface area (Å²) in [7, 11) is 0. The molecule has 0 atom stereocenters. The van der Waals surface area contributed by atoms with Crippen molar-refractivity contribution in [3.05, 3.63) is 0 Å². The molecule has 0 fully saturated rings. The third-order valence-corrected chi connectivity index (χ3v) is 1.47. The molecule has 0 spiro atoms. The van der Waals surface area contributed by atoms with E-state index in [4.69, 9.17) is 5.73 Å². The predicted molar refractivity (Wildman–Crippen MR) is 46.4 cm³/mol. The van der Waals surface area contributed by atoms with Crippen LogP contribution < -0.4 is 5.73 Å². The molecule has 0 aromatic carbocycles. The predicted octanol–water partition coefficient (Wildman–Crippen LogP) is 1.47. The first-order valence-corrected chi connectivity index (χ1v) is 4.34. The Hall–Kier alpha value is -0.290. The van der Waals surface area contributed by atoms with Crippen molar-refractivity contribution in [2.75, 3.05) is 26.2 Å². The van der Waals surface area contributed by atoms with Gasteiger partial charge in [-0.1, -0.05) is 13.8 Å². The standard InChI is InChI=1S/C8H17F3N2/c1-7(2)5-13(4-3-12)6-8(9,10)11/h7H,3-6,12H2,1-2H3. The molecule has 0 rings (SSSR count). The van der Waals surface area contributed by atoms with Crippen LogP contribution in [0.1, 0.15) is 13.8 Å². The Bertz CT molecular complexity index is 134. The molecule has 0 amide bonds. The van der Waals surface area contributed by atoms with Gasteiger partial charge in [0.1, 0.15) is 0 Å². The highest BCUT2D eigenvalue weighted by atomic mass is 19.4. The first kappa shape index (κ1) is 12.7. The van der Waals surface area contributed by atoms with Crippen molar-refractivity contribution in [3.63, 3.8) is 0 Å². The first-order valence-electron chi connectivity index (χ1n) is 4.34. The van der Waals surface area contributed by atoms with E-state index >= 15 is 0 Å². The Kier molecular flexibility index (Phi) is 5.32. The van der Waals surface area contributed by atoms with Crippen molar-refractivity contribution >= 4 is 0 Å². The van der Waals surface area contributed by atoms with Crippen molar-refractivity contribution in [1.82, 2.24) is 4.90 Å². The summed E-state index contributed by atoms with van der Waals surface area (Å²) in [4.78, 5) is 1.34. The van der Waals surface area contributed by atoms with E-state index in [1.54, 1.807) is 0 Å². The van der Waals surface area contributed by atoms with E-state index in [-0.39, 0.29) is 12.5 Å². The van der Waals surface area contributed by atoms with Crippen molar-refractivity contribution in [2.45, 2.75) is 20.0 Å². The third-order valence-electron chi connectivity index (χ3n) is 1.47. The van der Waals surface area contributed by atoms with Crippen molar-refractivity contribution in [3.8, 4) is 0 Å². The highest BCUT2D eigenvalue weighted by molar-refractivity contribution is 4.65. The molecule has 2 nitrogen and oxygen atoms in total. The summed E-state index contributed by atoms with van der Waals surface area (Å²) in [6.45, 7) is 3.93. The highest BCUT2D eigenvalue weighted by Crippen LogP contribution is 2.16. The summed E-state index contributed by atoms with van der Waals surface area (Å²) >= 11 is 0. The molecule has 0 radical (unpaired) electrons. The van der Waals surface area contributed by atoms with Gasteiger partial charge >= 0.3 is 6.18 Å². The van der Waals surface area contributed by atoms with Crippen LogP contribution in [-0.2, 0) is 0 Å². The third kappa shape index (κ3) is 8.05. The van der Waals surface area contributed by atoms with Crippen LogP contribution in [0.3, 0.4) is 0 Å². The van der Waals surface area contributed by atoms with Gasteiger partial charge in [-0.25, -0.2) is 0 Å². The molecule has 0 saturated carbocycles. The summed E-state index contributed by atoms with van der Waals surface area (Å²) < 4.78 is 36.0. The normalized spacial score (nSPS) is 12.9. The maximum Gasteiger partial charge on any atom is 0.401 e. The molecular weight excluding hydrogens is 181 g/mol. The van der Waals surface area contributed by atoms with Crippen LogP contribution in [-0.4, -0.2) is 37.3 Å². The van der Waals surface area contributed by atoms with E-state index in [0.29, 0.717) is 13.1 Å². The topological polar surface area (TPSA) is 29.3 Å². The van der Waals surface area contributed by atoms with Crippen LogP contribution in [0.15, 0.2) is 0 Å². The van der Waals surface area contributed by atoms with Gasteiger partial charge < -0.3 is 5.73 Å². The lowest BCUT2D eigenvalue weighted by molar-refractivity contribution is -0.146. The Morgan fingerprint density at radius 2 is 1.85 bits per heavy atom. The van der Waals surface area contributed by atoms with E-state index in [1.807, 2.05) is 13.8 Å². The zero-order valence-electron chi connectivity index (χ0n) is 8.06. The zero-order chi connectivity index (χ0) is 10.5. The molecular formula is C8H17F3N2. The Labute approximate surface area is 76.9 Å². The molecule has 13 heavy (non-hydrogen) atoms. The fraction of sp³-hybridized carbons (Fsp3) is 1.00. The lowest BCUT2D eigenvalue weighted by Gasteiger charge is -2.24. The van der Waals surface area contributed by atoms with E-state index in [0.717, 1.165) is 0 Å². The van der Waals surface area contributed by atoms with E-state index < -0.39 is 12.7 Å². The van der Waals surface area contributed by atoms with E-state index in [2.05, 4.69) is 0 Å². The minimum Gasteiger partial charge on any atom is -0.329 e. The maximum atomic E-state index is 12.0. The van der Waals surface area contributed by atoms with Gasteiger partial charge in [-0.05, 0) is 5.92 Å². The fourth-order valence-electron chi connectivity index (χ4n) is 1.19. The quantitative estimate of drug-likeness (QED) is 0.724. The van der Waals surface area contributed by atoms with Crippen molar-refractivity contribution < 1.29 is 13.2 Å².